The third-order valence-corrected chi connectivity index (χ3v) is 5.48. The van der Waals surface area contributed by atoms with E-state index in [0.717, 1.165) is 28.2 Å². The first-order valence-corrected chi connectivity index (χ1v) is 10.4. The zero-order chi connectivity index (χ0) is 21.8. The molecule has 31 heavy (non-hydrogen) atoms. The molecule has 0 saturated carbocycles. The third-order valence-electron chi connectivity index (χ3n) is 5.48. The van der Waals surface area contributed by atoms with Gasteiger partial charge in [-0.1, -0.05) is 72.8 Å². The first kappa shape index (κ1) is 20.8. The first-order valence-electron chi connectivity index (χ1n) is 10.4. The van der Waals surface area contributed by atoms with Crippen molar-refractivity contribution in [3.05, 3.63) is 107 Å². The normalized spacial score (nSPS) is 12.3. The molecule has 0 spiro atoms. The van der Waals surface area contributed by atoms with Crippen molar-refractivity contribution < 1.29 is 0 Å². The van der Waals surface area contributed by atoms with Crippen molar-refractivity contribution in [2.24, 2.45) is 0 Å². The Balaban J connectivity index is 1.82. The van der Waals surface area contributed by atoms with E-state index in [-0.39, 0.29) is 12.1 Å². The van der Waals surface area contributed by atoms with Crippen LogP contribution in [0.15, 0.2) is 84.9 Å². The fraction of sp³-hybridized carbons (Fsp3) is 0.240. The lowest BCUT2D eigenvalue weighted by molar-refractivity contribution is 0.315. The molecule has 0 aliphatic heterocycles. The average molecular weight is 413 g/mol. The van der Waals surface area contributed by atoms with Gasteiger partial charge in [-0.2, -0.15) is 0 Å². The molecule has 6 nitrogen and oxygen atoms in total. The Hall–Kier alpha value is -3.51. The van der Waals surface area contributed by atoms with E-state index in [0.29, 0.717) is 0 Å². The maximum atomic E-state index is 4.49. The van der Waals surface area contributed by atoms with Gasteiger partial charge in [-0.3, -0.25) is 4.90 Å². The van der Waals surface area contributed by atoms with Crippen molar-refractivity contribution in [1.29, 1.82) is 0 Å². The minimum Gasteiger partial charge on any atom is -0.378 e. The fourth-order valence-corrected chi connectivity index (χ4v) is 3.94. The Labute approximate surface area is 183 Å². The molecule has 1 aromatic heterocycles. The summed E-state index contributed by atoms with van der Waals surface area (Å²) in [7, 11) is 8.21. The van der Waals surface area contributed by atoms with Crippen LogP contribution in [-0.2, 0) is 0 Å². The van der Waals surface area contributed by atoms with Crippen LogP contribution in [0.1, 0.15) is 34.6 Å². The quantitative estimate of drug-likeness (QED) is 0.459. The van der Waals surface area contributed by atoms with Crippen LogP contribution in [0.2, 0.25) is 0 Å². The Kier molecular flexibility index (Phi) is 6.09. The molecule has 0 saturated heterocycles. The molecule has 1 atom stereocenters. The summed E-state index contributed by atoms with van der Waals surface area (Å²) < 4.78 is 1.95. The Morgan fingerprint density at radius 3 is 1.71 bits per heavy atom. The molecule has 4 aromatic rings. The SMILES string of the molecule is CN(C)c1ccc([C@@H](c2nnnn2C(c2ccccc2)c2ccccc2)N(C)C)cc1. The molecule has 158 valence electrons. The fourth-order valence-electron chi connectivity index (χ4n) is 3.94. The number of hydrogen-bond donors (Lipinski definition) is 0. The van der Waals surface area contributed by atoms with Crippen molar-refractivity contribution in [3.8, 4) is 0 Å². The summed E-state index contributed by atoms with van der Waals surface area (Å²) in [5.74, 6) is 0.806. The number of tetrazole rings is 1. The smallest absolute Gasteiger partial charge is 0.174 e. The topological polar surface area (TPSA) is 50.1 Å². The zero-order valence-electron chi connectivity index (χ0n) is 18.4. The largest absolute Gasteiger partial charge is 0.378 e. The molecular weight excluding hydrogens is 384 g/mol. The monoisotopic (exact) mass is 412 g/mol. The molecule has 0 aliphatic rings. The van der Waals surface area contributed by atoms with E-state index in [9.17, 15) is 0 Å². The highest BCUT2D eigenvalue weighted by atomic mass is 15.6. The lowest BCUT2D eigenvalue weighted by Gasteiger charge is -2.27. The van der Waals surface area contributed by atoms with Gasteiger partial charge in [0, 0.05) is 19.8 Å². The lowest BCUT2D eigenvalue weighted by Crippen LogP contribution is -2.27. The predicted octanol–water partition coefficient (Wildman–Crippen LogP) is 4.03. The van der Waals surface area contributed by atoms with E-state index in [1.165, 1.54) is 0 Å². The number of anilines is 1. The lowest BCUT2D eigenvalue weighted by atomic mass is 9.97. The molecule has 3 aromatic carbocycles. The summed E-state index contributed by atoms with van der Waals surface area (Å²) in [5, 5.41) is 13.1. The van der Waals surface area contributed by atoms with Crippen LogP contribution in [0.25, 0.3) is 0 Å². The van der Waals surface area contributed by atoms with E-state index < -0.39 is 0 Å². The minimum absolute atomic E-state index is 0.0823. The Morgan fingerprint density at radius 2 is 1.23 bits per heavy atom. The van der Waals surface area contributed by atoms with Crippen molar-refractivity contribution in [2.75, 3.05) is 33.1 Å². The number of hydrogen-bond acceptors (Lipinski definition) is 5. The number of benzene rings is 3. The van der Waals surface area contributed by atoms with E-state index in [2.05, 4.69) is 112 Å². The van der Waals surface area contributed by atoms with Crippen LogP contribution in [0, 0.1) is 0 Å². The summed E-state index contributed by atoms with van der Waals surface area (Å²) >= 11 is 0. The van der Waals surface area contributed by atoms with Crippen molar-refractivity contribution >= 4 is 5.69 Å². The maximum absolute atomic E-state index is 4.49. The second-order valence-electron chi connectivity index (χ2n) is 8.06. The van der Waals surface area contributed by atoms with Crippen LogP contribution in [0.3, 0.4) is 0 Å². The van der Waals surface area contributed by atoms with Crippen LogP contribution >= 0.6 is 0 Å². The summed E-state index contributed by atoms with van der Waals surface area (Å²) in [6.45, 7) is 0. The summed E-state index contributed by atoms with van der Waals surface area (Å²) in [4.78, 5) is 4.25. The van der Waals surface area contributed by atoms with E-state index in [1.807, 2.05) is 30.9 Å². The van der Waals surface area contributed by atoms with Gasteiger partial charge >= 0.3 is 0 Å². The highest BCUT2D eigenvalue weighted by Crippen LogP contribution is 2.32. The van der Waals surface area contributed by atoms with Crippen LogP contribution < -0.4 is 4.90 Å². The maximum Gasteiger partial charge on any atom is 0.174 e. The van der Waals surface area contributed by atoms with E-state index in [1.54, 1.807) is 0 Å². The molecule has 0 aliphatic carbocycles. The van der Waals surface area contributed by atoms with Crippen LogP contribution in [-0.4, -0.2) is 53.3 Å². The Bertz CT molecular complexity index is 1050. The van der Waals surface area contributed by atoms with Gasteiger partial charge in [-0.15, -0.1) is 5.10 Å². The highest BCUT2D eigenvalue weighted by Gasteiger charge is 2.28. The van der Waals surface area contributed by atoms with Gasteiger partial charge in [0.1, 0.15) is 6.04 Å². The molecule has 0 radical (unpaired) electrons. The average Bonchev–Trinajstić information content (AvgIpc) is 3.24. The van der Waals surface area contributed by atoms with Gasteiger partial charge in [0.2, 0.25) is 0 Å². The van der Waals surface area contributed by atoms with Crippen molar-refractivity contribution in [2.45, 2.75) is 12.1 Å². The minimum atomic E-state index is -0.115. The molecule has 4 rings (SSSR count). The van der Waals surface area contributed by atoms with Gasteiger partial charge in [0.05, 0.1) is 6.04 Å². The standard InChI is InChI=1S/C25H28N6/c1-29(2)22-17-15-21(16-18-22)24(30(3)4)25-26-27-28-31(25)23(19-11-7-5-8-12-19)20-13-9-6-10-14-20/h5-18,23-24H,1-4H3/t24-/m0/s1. The van der Waals surface area contributed by atoms with Gasteiger partial charge < -0.3 is 4.90 Å². The molecule has 0 unspecified atom stereocenters. The van der Waals surface area contributed by atoms with Crippen LogP contribution in [0.5, 0.6) is 0 Å². The third kappa shape index (κ3) is 4.34. The van der Waals surface area contributed by atoms with Gasteiger partial charge in [0.25, 0.3) is 0 Å². The van der Waals surface area contributed by atoms with Crippen LogP contribution in [0.4, 0.5) is 5.69 Å². The molecule has 0 bridgehead atoms. The number of rotatable bonds is 7. The van der Waals surface area contributed by atoms with Gasteiger partial charge in [0.15, 0.2) is 5.82 Å². The molecule has 0 fully saturated rings. The van der Waals surface area contributed by atoms with E-state index >= 15 is 0 Å². The molecule has 1 heterocycles. The number of nitrogens with zero attached hydrogens (tertiary/aromatic N) is 6. The molecule has 0 N–H and O–H groups in total. The zero-order valence-corrected chi connectivity index (χ0v) is 18.4. The first-order chi connectivity index (χ1) is 15.1. The summed E-state index contributed by atoms with van der Waals surface area (Å²) in [6.07, 6.45) is 0. The molecule has 0 amide bonds. The van der Waals surface area contributed by atoms with Gasteiger partial charge in [-0.25, -0.2) is 4.68 Å². The molecule has 6 heteroatoms. The molecular formula is C25H28N6. The second-order valence-corrected chi connectivity index (χ2v) is 8.06. The van der Waals surface area contributed by atoms with E-state index in [4.69, 9.17) is 0 Å². The predicted molar refractivity (Wildman–Crippen MR) is 124 cm³/mol. The van der Waals surface area contributed by atoms with Crippen molar-refractivity contribution in [3.63, 3.8) is 0 Å². The Morgan fingerprint density at radius 1 is 0.677 bits per heavy atom. The second kappa shape index (κ2) is 9.10. The van der Waals surface area contributed by atoms with Gasteiger partial charge in [-0.05, 0) is 53.3 Å². The highest BCUT2D eigenvalue weighted by molar-refractivity contribution is 5.47. The summed E-state index contributed by atoms with van der Waals surface area (Å²) in [5.41, 5.74) is 4.59. The summed E-state index contributed by atoms with van der Waals surface area (Å²) in [6, 6.07) is 29.1. The van der Waals surface area contributed by atoms with Crippen molar-refractivity contribution in [1.82, 2.24) is 25.1 Å². The number of aromatic nitrogens is 4.